The molecular formula is C13H18ClFN2O. The van der Waals surface area contributed by atoms with Gasteiger partial charge in [0.2, 0.25) is 5.91 Å². The minimum atomic E-state index is -0.757. The molecule has 18 heavy (non-hydrogen) atoms. The van der Waals surface area contributed by atoms with Crippen LogP contribution in [-0.4, -0.2) is 11.4 Å². The quantitative estimate of drug-likeness (QED) is 0.870. The Morgan fingerprint density at radius 2 is 1.72 bits per heavy atom. The number of benzene rings is 1. The van der Waals surface area contributed by atoms with Gasteiger partial charge in [-0.1, -0.05) is 19.3 Å². The van der Waals surface area contributed by atoms with Gasteiger partial charge in [-0.3, -0.25) is 4.79 Å². The van der Waals surface area contributed by atoms with Crippen LogP contribution in [0.25, 0.3) is 0 Å². The fraction of sp³-hybridized carbons (Fsp3) is 0.462. The Labute approximate surface area is 112 Å². The van der Waals surface area contributed by atoms with Crippen molar-refractivity contribution in [2.45, 2.75) is 37.6 Å². The predicted molar refractivity (Wildman–Crippen MR) is 72.3 cm³/mol. The molecule has 1 aromatic carbocycles. The Bertz CT molecular complexity index is 402. The molecule has 1 aliphatic carbocycles. The summed E-state index contributed by atoms with van der Waals surface area (Å²) in [6, 6.07) is 5.72. The third-order valence-electron chi connectivity index (χ3n) is 3.30. The molecule has 3 N–H and O–H groups in total. The second-order valence-corrected chi connectivity index (χ2v) is 4.68. The maximum Gasteiger partial charge on any atom is 0.244 e. The summed E-state index contributed by atoms with van der Waals surface area (Å²) < 4.78 is 12.7. The van der Waals surface area contributed by atoms with Crippen molar-refractivity contribution in [3.63, 3.8) is 0 Å². The normalized spacial score (nSPS) is 17.7. The van der Waals surface area contributed by atoms with Gasteiger partial charge < -0.3 is 11.1 Å². The van der Waals surface area contributed by atoms with Gasteiger partial charge in [0, 0.05) is 5.69 Å². The summed E-state index contributed by atoms with van der Waals surface area (Å²) in [5.74, 6) is -0.480. The first-order valence-electron chi connectivity index (χ1n) is 5.96. The Kier molecular flexibility index (Phi) is 5.11. The van der Waals surface area contributed by atoms with Crippen LogP contribution in [0.4, 0.5) is 10.1 Å². The van der Waals surface area contributed by atoms with Gasteiger partial charge in [-0.15, -0.1) is 12.4 Å². The Morgan fingerprint density at radius 1 is 1.17 bits per heavy atom. The van der Waals surface area contributed by atoms with Gasteiger partial charge in [-0.2, -0.15) is 0 Å². The average molecular weight is 273 g/mol. The topological polar surface area (TPSA) is 55.1 Å². The van der Waals surface area contributed by atoms with Gasteiger partial charge in [0.1, 0.15) is 5.82 Å². The number of hydrogen-bond acceptors (Lipinski definition) is 2. The van der Waals surface area contributed by atoms with E-state index in [1.807, 2.05) is 0 Å². The summed E-state index contributed by atoms with van der Waals surface area (Å²) in [5.41, 5.74) is 5.93. The molecule has 0 spiro atoms. The number of anilines is 1. The van der Waals surface area contributed by atoms with E-state index in [2.05, 4.69) is 5.32 Å². The second-order valence-electron chi connectivity index (χ2n) is 4.68. The van der Waals surface area contributed by atoms with E-state index in [1.165, 1.54) is 12.1 Å². The van der Waals surface area contributed by atoms with Crippen molar-refractivity contribution >= 4 is 24.0 Å². The molecule has 5 heteroatoms. The van der Waals surface area contributed by atoms with E-state index in [0.29, 0.717) is 5.69 Å². The van der Waals surface area contributed by atoms with E-state index in [-0.39, 0.29) is 24.1 Å². The zero-order chi connectivity index (χ0) is 12.3. The first-order valence-corrected chi connectivity index (χ1v) is 5.96. The highest BCUT2D eigenvalue weighted by molar-refractivity contribution is 5.97. The molecule has 100 valence electrons. The number of carbonyl (C=O) groups excluding carboxylic acids is 1. The fourth-order valence-electron chi connectivity index (χ4n) is 2.20. The SMILES string of the molecule is Cl.NC1(C(=O)Nc2ccc(F)cc2)CCCCC1. The highest BCUT2D eigenvalue weighted by Gasteiger charge is 2.35. The first-order chi connectivity index (χ1) is 8.10. The Morgan fingerprint density at radius 3 is 2.28 bits per heavy atom. The van der Waals surface area contributed by atoms with E-state index in [1.54, 1.807) is 12.1 Å². The second kappa shape index (κ2) is 6.16. The van der Waals surface area contributed by atoms with Gasteiger partial charge >= 0.3 is 0 Å². The molecule has 1 aromatic rings. The van der Waals surface area contributed by atoms with Crippen LogP contribution in [0.3, 0.4) is 0 Å². The van der Waals surface area contributed by atoms with E-state index in [0.717, 1.165) is 32.1 Å². The third kappa shape index (κ3) is 3.43. The fourth-order valence-corrected chi connectivity index (χ4v) is 2.20. The lowest BCUT2D eigenvalue weighted by Gasteiger charge is -2.31. The monoisotopic (exact) mass is 272 g/mol. The molecule has 1 saturated carbocycles. The van der Waals surface area contributed by atoms with Crippen molar-refractivity contribution in [3.05, 3.63) is 30.1 Å². The molecule has 1 fully saturated rings. The minimum Gasteiger partial charge on any atom is -0.324 e. The highest BCUT2D eigenvalue weighted by atomic mass is 35.5. The van der Waals surface area contributed by atoms with Crippen LogP contribution < -0.4 is 11.1 Å². The summed E-state index contributed by atoms with van der Waals surface area (Å²) in [6.07, 6.45) is 4.57. The average Bonchev–Trinajstić information content (AvgIpc) is 2.33. The molecule has 0 aromatic heterocycles. The van der Waals surface area contributed by atoms with Crippen LogP contribution in [0.1, 0.15) is 32.1 Å². The van der Waals surface area contributed by atoms with E-state index in [4.69, 9.17) is 5.73 Å². The lowest BCUT2D eigenvalue weighted by molar-refractivity contribution is -0.122. The molecule has 1 aliphatic rings. The molecule has 0 aliphatic heterocycles. The number of carbonyl (C=O) groups is 1. The number of halogens is 2. The largest absolute Gasteiger partial charge is 0.324 e. The third-order valence-corrected chi connectivity index (χ3v) is 3.30. The highest BCUT2D eigenvalue weighted by Crippen LogP contribution is 2.27. The van der Waals surface area contributed by atoms with Crippen LogP contribution in [0, 0.1) is 5.82 Å². The van der Waals surface area contributed by atoms with Crippen molar-refractivity contribution in [3.8, 4) is 0 Å². The summed E-state index contributed by atoms with van der Waals surface area (Å²) >= 11 is 0. The molecule has 1 amide bonds. The molecule has 0 unspecified atom stereocenters. The molecular weight excluding hydrogens is 255 g/mol. The van der Waals surface area contributed by atoms with Crippen LogP contribution in [0.2, 0.25) is 0 Å². The number of rotatable bonds is 2. The minimum absolute atomic E-state index is 0. The maximum atomic E-state index is 12.7. The molecule has 0 bridgehead atoms. The van der Waals surface area contributed by atoms with Crippen LogP contribution in [0.5, 0.6) is 0 Å². The van der Waals surface area contributed by atoms with Crippen LogP contribution in [0.15, 0.2) is 24.3 Å². The summed E-state index contributed by atoms with van der Waals surface area (Å²) in [7, 11) is 0. The lowest BCUT2D eigenvalue weighted by atomic mass is 9.82. The lowest BCUT2D eigenvalue weighted by Crippen LogP contribution is -2.52. The van der Waals surface area contributed by atoms with Crippen LogP contribution in [-0.2, 0) is 4.79 Å². The Balaban J connectivity index is 0.00000162. The first kappa shape index (κ1) is 14.9. The smallest absolute Gasteiger partial charge is 0.244 e. The van der Waals surface area contributed by atoms with Gasteiger partial charge in [0.05, 0.1) is 5.54 Å². The van der Waals surface area contributed by atoms with Gasteiger partial charge in [-0.05, 0) is 37.1 Å². The van der Waals surface area contributed by atoms with E-state index < -0.39 is 5.54 Å². The van der Waals surface area contributed by atoms with Gasteiger partial charge in [-0.25, -0.2) is 4.39 Å². The standard InChI is InChI=1S/C13H17FN2O.ClH/c14-10-4-6-11(7-5-10)16-12(17)13(15)8-2-1-3-9-13;/h4-7H,1-3,8-9,15H2,(H,16,17);1H. The van der Waals surface area contributed by atoms with E-state index in [9.17, 15) is 9.18 Å². The number of hydrogen-bond donors (Lipinski definition) is 2. The van der Waals surface area contributed by atoms with Gasteiger partial charge in [0.25, 0.3) is 0 Å². The molecule has 2 rings (SSSR count). The molecule has 0 heterocycles. The maximum absolute atomic E-state index is 12.7. The predicted octanol–water partition coefficient (Wildman–Crippen LogP) is 2.85. The van der Waals surface area contributed by atoms with Gasteiger partial charge in [0.15, 0.2) is 0 Å². The van der Waals surface area contributed by atoms with Crippen molar-refractivity contribution in [1.29, 1.82) is 0 Å². The summed E-state index contributed by atoms with van der Waals surface area (Å²) in [4.78, 5) is 12.0. The molecule has 0 saturated heterocycles. The zero-order valence-corrected chi connectivity index (χ0v) is 10.9. The zero-order valence-electron chi connectivity index (χ0n) is 10.1. The van der Waals surface area contributed by atoms with Crippen molar-refractivity contribution in [2.24, 2.45) is 5.73 Å². The number of nitrogens with two attached hydrogens (primary N) is 1. The number of amides is 1. The molecule has 0 radical (unpaired) electrons. The Hall–Kier alpha value is -1.13. The number of nitrogens with one attached hydrogen (secondary N) is 1. The van der Waals surface area contributed by atoms with E-state index >= 15 is 0 Å². The summed E-state index contributed by atoms with van der Waals surface area (Å²) in [6.45, 7) is 0. The van der Waals surface area contributed by atoms with Crippen molar-refractivity contribution < 1.29 is 9.18 Å². The molecule has 0 atom stereocenters. The summed E-state index contributed by atoms with van der Waals surface area (Å²) in [5, 5.41) is 2.75. The molecule has 3 nitrogen and oxygen atoms in total. The van der Waals surface area contributed by atoms with Crippen molar-refractivity contribution in [1.82, 2.24) is 0 Å². The van der Waals surface area contributed by atoms with Crippen LogP contribution >= 0.6 is 12.4 Å². The van der Waals surface area contributed by atoms with Crippen molar-refractivity contribution in [2.75, 3.05) is 5.32 Å².